The van der Waals surface area contributed by atoms with Crippen molar-refractivity contribution in [2.75, 3.05) is 5.32 Å². The molecule has 0 spiro atoms. The maximum atomic E-state index is 12.1. The Kier molecular flexibility index (Phi) is 6.03. The zero-order valence-corrected chi connectivity index (χ0v) is 15.3. The largest absolute Gasteiger partial charge is 0.459 e. The number of nitrogens with zero attached hydrogens (tertiary/aromatic N) is 2. The number of ether oxygens (including phenoxy) is 1. The molecule has 0 fully saturated rings. The molecule has 0 aliphatic heterocycles. The highest BCUT2D eigenvalue weighted by molar-refractivity contribution is 6.33. The van der Waals surface area contributed by atoms with Gasteiger partial charge in [0.2, 0.25) is 0 Å². The van der Waals surface area contributed by atoms with Crippen LogP contribution < -0.4 is 10.6 Å². The average Bonchev–Trinajstić information content (AvgIpc) is 2.84. The molecule has 2 aromatic rings. The summed E-state index contributed by atoms with van der Waals surface area (Å²) in [6.07, 6.45) is -0.231. The summed E-state index contributed by atoms with van der Waals surface area (Å²) in [4.78, 5) is 24.0. The maximum absolute atomic E-state index is 12.1. The second kappa shape index (κ2) is 8.02. The van der Waals surface area contributed by atoms with Gasteiger partial charge in [-0.05, 0) is 45.0 Å². The number of carbonyl (C=O) groups is 2. The fourth-order valence-electron chi connectivity index (χ4n) is 2.20. The minimum absolute atomic E-state index is 0.231. The molecule has 134 valence electrons. The number of rotatable bonds is 5. The van der Waals surface area contributed by atoms with E-state index in [0.29, 0.717) is 22.8 Å². The standard InChI is InChI=1S/C17H21ClN4O3/c1-10(2)25-16(23)12-5-6-14(18)15(8-12)20-17(24)19-9-13-7-11(3)21-22(13)4/h5-8,10H,9H2,1-4H3,(H2,19,20,24). The van der Waals surface area contributed by atoms with Gasteiger partial charge in [-0.25, -0.2) is 9.59 Å². The summed E-state index contributed by atoms with van der Waals surface area (Å²) in [7, 11) is 1.81. The summed E-state index contributed by atoms with van der Waals surface area (Å²) in [5.41, 5.74) is 2.39. The SMILES string of the molecule is Cc1cc(CNC(=O)Nc2cc(C(=O)OC(C)C)ccc2Cl)n(C)n1. The van der Waals surface area contributed by atoms with Gasteiger partial charge in [0.05, 0.1) is 40.3 Å². The predicted octanol–water partition coefficient (Wildman–Crippen LogP) is 3.27. The molecular formula is C17H21ClN4O3. The van der Waals surface area contributed by atoms with Crippen LogP contribution in [0.4, 0.5) is 10.5 Å². The molecule has 0 radical (unpaired) electrons. The quantitative estimate of drug-likeness (QED) is 0.797. The van der Waals surface area contributed by atoms with Crippen LogP contribution in [-0.2, 0) is 18.3 Å². The minimum Gasteiger partial charge on any atom is -0.459 e. The lowest BCUT2D eigenvalue weighted by atomic mass is 10.2. The molecule has 0 bridgehead atoms. The number of halogens is 1. The van der Waals surface area contributed by atoms with Crippen molar-refractivity contribution in [3.05, 3.63) is 46.2 Å². The fraction of sp³-hybridized carbons (Fsp3) is 0.353. The molecule has 0 unspecified atom stereocenters. The van der Waals surface area contributed by atoms with Gasteiger partial charge >= 0.3 is 12.0 Å². The second-order valence-electron chi connectivity index (χ2n) is 5.86. The van der Waals surface area contributed by atoms with Gasteiger partial charge in [0.15, 0.2) is 0 Å². The first-order valence-electron chi connectivity index (χ1n) is 7.81. The number of amides is 2. The molecule has 2 amide bonds. The first kappa shape index (κ1) is 18.8. The van der Waals surface area contributed by atoms with Crippen molar-refractivity contribution in [1.29, 1.82) is 0 Å². The summed E-state index contributed by atoms with van der Waals surface area (Å²) >= 11 is 6.09. The lowest BCUT2D eigenvalue weighted by Gasteiger charge is -2.12. The van der Waals surface area contributed by atoms with E-state index >= 15 is 0 Å². The molecular weight excluding hydrogens is 344 g/mol. The summed E-state index contributed by atoms with van der Waals surface area (Å²) in [6.45, 7) is 5.72. The predicted molar refractivity (Wildman–Crippen MR) is 95.8 cm³/mol. The van der Waals surface area contributed by atoms with Crippen LogP contribution in [0.15, 0.2) is 24.3 Å². The summed E-state index contributed by atoms with van der Waals surface area (Å²) < 4.78 is 6.84. The highest BCUT2D eigenvalue weighted by atomic mass is 35.5. The van der Waals surface area contributed by atoms with Crippen molar-refractivity contribution >= 4 is 29.3 Å². The van der Waals surface area contributed by atoms with Gasteiger partial charge in [0.1, 0.15) is 0 Å². The average molecular weight is 365 g/mol. The second-order valence-corrected chi connectivity index (χ2v) is 6.26. The molecule has 2 rings (SSSR count). The normalized spacial score (nSPS) is 10.6. The van der Waals surface area contributed by atoms with Crippen LogP contribution in [0.2, 0.25) is 5.02 Å². The van der Waals surface area contributed by atoms with E-state index < -0.39 is 12.0 Å². The van der Waals surface area contributed by atoms with Crippen molar-refractivity contribution in [1.82, 2.24) is 15.1 Å². The van der Waals surface area contributed by atoms with Gasteiger partial charge in [0, 0.05) is 7.05 Å². The van der Waals surface area contributed by atoms with E-state index in [1.807, 2.05) is 20.0 Å². The molecule has 2 N–H and O–H groups in total. The van der Waals surface area contributed by atoms with Crippen molar-refractivity contribution in [3.8, 4) is 0 Å². The highest BCUT2D eigenvalue weighted by Gasteiger charge is 2.13. The third-order valence-corrected chi connectivity index (χ3v) is 3.65. The van der Waals surface area contributed by atoms with E-state index in [1.165, 1.54) is 6.07 Å². The van der Waals surface area contributed by atoms with E-state index in [2.05, 4.69) is 15.7 Å². The van der Waals surface area contributed by atoms with Crippen LogP contribution in [0.1, 0.15) is 35.6 Å². The zero-order chi connectivity index (χ0) is 18.6. The number of urea groups is 1. The third-order valence-electron chi connectivity index (χ3n) is 3.32. The van der Waals surface area contributed by atoms with Crippen molar-refractivity contribution < 1.29 is 14.3 Å². The smallest absolute Gasteiger partial charge is 0.338 e. The fourth-order valence-corrected chi connectivity index (χ4v) is 2.36. The third kappa shape index (κ3) is 5.22. The van der Waals surface area contributed by atoms with Crippen LogP contribution in [0.3, 0.4) is 0 Å². The minimum atomic E-state index is -0.472. The number of aryl methyl sites for hydroxylation is 2. The molecule has 0 saturated heterocycles. The number of anilines is 1. The molecule has 8 heteroatoms. The Morgan fingerprint density at radius 2 is 2.04 bits per heavy atom. The van der Waals surface area contributed by atoms with Gasteiger partial charge < -0.3 is 15.4 Å². The van der Waals surface area contributed by atoms with E-state index in [9.17, 15) is 9.59 Å². The topological polar surface area (TPSA) is 85.3 Å². The van der Waals surface area contributed by atoms with Gasteiger partial charge in [-0.2, -0.15) is 5.10 Å². The van der Waals surface area contributed by atoms with E-state index in [4.69, 9.17) is 16.3 Å². The Balaban J connectivity index is 2.02. The molecule has 0 aliphatic carbocycles. The van der Waals surface area contributed by atoms with Gasteiger partial charge in [-0.1, -0.05) is 11.6 Å². The summed E-state index contributed by atoms with van der Waals surface area (Å²) in [5.74, 6) is -0.472. The summed E-state index contributed by atoms with van der Waals surface area (Å²) in [6, 6.07) is 6.03. The Morgan fingerprint density at radius 1 is 1.32 bits per heavy atom. The highest BCUT2D eigenvalue weighted by Crippen LogP contribution is 2.23. The van der Waals surface area contributed by atoms with Crippen LogP contribution in [-0.4, -0.2) is 27.9 Å². The van der Waals surface area contributed by atoms with Crippen LogP contribution in [0.5, 0.6) is 0 Å². The number of hydrogen-bond donors (Lipinski definition) is 2. The van der Waals surface area contributed by atoms with Crippen LogP contribution in [0.25, 0.3) is 0 Å². The number of nitrogens with one attached hydrogen (secondary N) is 2. The molecule has 0 saturated carbocycles. The van der Waals surface area contributed by atoms with Gasteiger partial charge in [-0.15, -0.1) is 0 Å². The lowest BCUT2D eigenvalue weighted by Crippen LogP contribution is -2.29. The monoisotopic (exact) mass is 364 g/mol. The first-order valence-corrected chi connectivity index (χ1v) is 8.19. The van der Waals surface area contributed by atoms with Crippen molar-refractivity contribution in [3.63, 3.8) is 0 Å². The molecule has 1 heterocycles. The number of aromatic nitrogens is 2. The maximum Gasteiger partial charge on any atom is 0.338 e. The van der Waals surface area contributed by atoms with E-state index in [-0.39, 0.29) is 6.10 Å². The van der Waals surface area contributed by atoms with Crippen molar-refractivity contribution in [2.24, 2.45) is 7.05 Å². The molecule has 0 aliphatic rings. The Morgan fingerprint density at radius 3 is 2.64 bits per heavy atom. The zero-order valence-electron chi connectivity index (χ0n) is 14.6. The number of carbonyl (C=O) groups excluding carboxylic acids is 2. The number of hydrogen-bond acceptors (Lipinski definition) is 4. The molecule has 1 aromatic carbocycles. The van der Waals surface area contributed by atoms with Crippen molar-refractivity contribution in [2.45, 2.75) is 33.4 Å². The van der Waals surface area contributed by atoms with Crippen LogP contribution >= 0.6 is 11.6 Å². The van der Waals surface area contributed by atoms with Crippen LogP contribution in [0, 0.1) is 6.92 Å². The Hall–Kier alpha value is -2.54. The van der Waals surface area contributed by atoms with E-state index in [1.54, 1.807) is 30.7 Å². The molecule has 25 heavy (non-hydrogen) atoms. The number of esters is 1. The lowest BCUT2D eigenvalue weighted by molar-refractivity contribution is 0.0378. The summed E-state index contributed by atoms with van der Waals surface area (Å²) in [5, 5.41) is 9.90. The van der Waals surface area contributed by atoms with Gasteiger partial charge in [-0.3, -0.25) is 4.68 Å². The van der Waals surface area contributed by atoms with Gasteiger partial charge in [0.25, 0.3) is 0 Å². The van der Waals surface area contributed by atoms with E-state index in [0.717, 1.165) is 11.4 Å². The Bertz CT molecular complexity index is 786. The molecule has 0 atom stereocenters. The molecule has 7 nitrogen and oxygen atoms in total. The number of benzene rings is 1. The first-order chi connectivity index (χ1) is 11.8. The molecule has 1 aromatic heterocycles. The Labute approximate surface area is 151 Å².